The number of rotatable bonds is 2. The molecule has 0 bridgehead atoms. The van der Waals surface area contributed by atoms with Crippen LogP contribution in [0.5, 0.6) is 0 Å². The molecule has 3 aromatic heterocycles. The standard InChI is InChI=1S/C28H24N2/c1-28(2,3)16-18-14-15-23(29-17-18)21-10-7-13-25-26(21)22-11-6-9-20-19-8-4-5-12-24(19)30(25)27(20)22/h4-15,17H,16H2,1-3H3. The zero-order valence-electron chi connectivity index (χ0n) is 17.6. The first-order valence-electron chi connectivity index (χ1n) is 10.6. The second-order valence-corrected chi connectivity index (χ2v) is 9.54. The van der Waals surface area contributed by atoms with Gasteiger partial charge in [-0.25, -0.2) is 0 Å². The van der Waals surface area contributed by atoms with Crippen LogP contribution in [-0.4, -0.2) is 9.38 Å². The van der Waals surface area contributed by atoms with Gasteiger partial charge in [0.2, 0.25) is 0 Å². The fourth-order valence-electron chi connectivity index (χ4n) is 4.99. The molecule has 0 aliphatic heterocycles. The summed E-state index contributed by atoms with van der Waals surface area (Å²) in [5.41, 5.74) is 7.62. The van der Waals surface area contributed by atoms with Crippen LogP contribution in [0.3, 0.4) is 0 Å². The molecule has 2 heteroatoms. The molecule has 2 nitrogen and oxygen atoms in total. The van der Waals surface area contributed by atoms with Crippen molar-refractivity contribution in [3.05, 3.63) is 84.6 Å². The molecule has 0 spiro atoms. The molecule has 0 radical (unpaired) electrons. The van der Waals surface area contributed by atoms with Crippen molar-refractivity contribution in [3.8, 4) is 11.3 Å². The van der Waals surface area contributed by atoms with Crippen LogP contribution >= 0.6 is 0 Å². The van der Waals surface area contributed by atoms with E-state index < -0.39 is 0 Å². The lowest BCUT2D eigenvalue weighted by atomic mass is 9.88. The van der Waals surface area contributed by atoms with Gasteiger partial charge in [0.05, 0.1) is 22.2 Å². The maximum atomic E-state index is 4.87. The largest absolute Gasteiger partial charge is 0.308 e. The summed E-state index contributed by atoms with van der Waals surface area (Å²) in [6.07, 6.45) is 3.08. The highest BCUT2D eigenvalue weighted by atomic mass is 14.9. The lowest BCUT2D eigenvalue weighted by molar-refractivity contribution is 0.411. The Morgan fingerprint density at radius 2 is 1.47 bits per heavy atom. The van der Waals surface area contributed by atoms with Gasteiger partial charge in [0.25, 0.3) is 0 Å². The maximum absolute atomic E-state index is 4.87. The van der Waals surface area contributed by atoms with E-state index in [4.69, 9.17) is 4.98 Å². The van der Waals surface area contributed by atoms with E-state index in [0.29, 0.717) is 0 Å². The SMILES string of the molecule is CC(C)(C)Cc1ccc(-c2cccc3c2c2cccc4c5ccccc5n3c42)nc1. The van der Waals surface area contributed by atoms with Crippen LogP contribution in [0, 0.1) is 5.41 Å². The van der Waals surface area contributed by atoms with Gasteiger partial charge in [-0.15, -0.1) is 0 Å². The molecule has 0 N–H and O–H groups in total. The molecule has 0 amide bonds. The predicted octanol–water partition coefficient (Wildman–Crippen LogP) is 7.49. The van der Waals surface area contributed by atoms with Crippen molar-refractivity contribution in [2.45, 2.75) is 27.2 Å². The van der Waals surface area contributed by atoms with Crippen LogP contribution in [0.4, 0.5) is 0 Å². The van der Waals surface area contributed by atoms with E-state index >= 15 is 0 Å². The third-order valence-corrected chi connectivity index (χ3v) is 6.08. The van der Waals surface area contributed by atoms with Crippen molar-refractivity contribution in [2.24, 2.45) is 5.41 Å². The molecule has 0 fully saturated rings. The van der Waals surface area contributed by atoms with E-state index in [-0.39, 0.29) is 5.41 Å². The van der Waals surface area contributed by atoms with Gasteiger partial charge < -0.3 is 4.40 Å². The Hall–Kier alpha value is -3.39. The van der Waals surface area contributed by atoms with Crippen LogP contribution in [0.1, 0.15) is 26.3 Å². The molecule has 6 aromatic rings. The van der Waals surface area contributed by atoms with Crippen molar-refractivity contribution in [1.29, 1.82) is 0 Å². The summed E-state index contributed by atoms with van der Waals surface area (Å²) < 4.78 is 2.42. The minimum atomic E-state index is 0.261. The summed E-state index contributed by atoms with van der Waals surface area (Å²) >= 11 is 0. The Labute approximate surface area is 176 Å². The second kappa shape index (κ2) is 6.06. The van der Waals surface area contributed by atoms with E-state index in [2.05, 4.69) is 98.0 Å². The van der Waals surface area contributed by atoms with Crippen LogP contribution in [0.15, 0.2) is 79.0 Å². The molecule has 0 unspecified atom stereocenters. The maximum Gasteiger partial charge on any atom is 0.0709 e. The van der Waals surface area contributed by atoms with E-state index in [1.165, 1.54) is 49.2 Å². The highest BCUT2D eigenvalue weighted by Gasteiger charge is 2.19. The van der Waals surface area contributed by atoms with Crippen molar-refractivity contribution in [3.63, 3.8) is 0 Å². The Morgan fingerprint density at radius 1 is 0.733 bits per heavy atom. The number of hydrogen-bond acceptors (Lipinski definition) is 1. The Balaban J connectivity index is 1.64. The molecule has 0 saturated carbocycles. The normalized spacial score (nSPS) is 12.6. The predicted molar refractivity (Wildman–Crippen MR) is 127 cm³/mol. The number of para-hydroxylation sites is 2. The number of benzene rings is 3. The summed E-state index contributed by atoms with van der Waals surface area (Å²) in [7, 11) is 0. The van der Waals surface area contributed by atoms with Gasteiger partial charge in [-0.1, -0.05) is 75.4 Å². The number of fused-ring (bicyclic) bond motifs is 6. The second-order valence-electron chi connectivity index (χ2n) is 9.54. The summed E-state index contributed by atoms with van der Waals surface area (Å²) in [6.45, 7) is 6.80. The van der Waals surface area contributed by atoms with Gasteiger partial charge in [-0.2, -0.15) is 0 Å². The highest BCUT2D eigenvalue weighted by molar-refractivity contribution is 6.25. The van der Waals surface area contributed by atoms with Crippen molar-refractivity contribution >= 4 is 38.1 Å². The lowest BCUT2D eigenvalue weighted by Crippen LogP contribution is -2.09. The zero-order valence-corrected chi connectivity index (χ0v) is 17.6. The van der Waals surface area contributed by atoms with E-state index in [0.717, 1.165) is 12.1 Å². The first-order chi connectivity index (χ1) is 14.5. The number of nitrogens with zero attached hydrogens (tertiary/aromatic N) is 2. The minimum absolute atomic E-state index is 0.261. The van der Waals surface area contributed by atoms with Crippen LogP contribution < -0.4 is 0 Å². The number of pyridine rings is 1. The summed E-state index contributed by atoms with van der Waals surface area (Å²) in [5.74, 6) is 0. The molecular formula is C28H24N2. The molecule has 0 aliphatic carbocycles. The number of hydrogen-bond donors (Lipinski definition) is 0. The topological polar surface area (TPSA) is 17.3 Å². The molecule has 0 aliphatic rings. The molecular weight excluding hydrogens is 364 g/mol. The van der Waals surface area contributed by atoms with Crippen LogP contribution in [0.25, 0.3) is 49.4 Å². The molecule has 30 heavy (non-hydrogen) atoms. The van der Waals surface area contributed by atoms with Crippen LogP contribution in [0.2, 0.25) is 0 Å². The Kier molecular flexibility index (Phi) is 3.53. The first kappa shape index (κ1) is 17.5. The molecule has 146 valence electrons. The highest BCUT2D eigenvalue weighted by Crippen LogP contribution is 2.42. The fourth-order valence-corrected chi connectivity index (χ4v) is 4.99. The molecule has 3 heterocycles. The molecule has 6 rings (SSSR count). The molecule has 0 atom stereocenters. The quantitative estimate of drug-likeness (QED) is 0.300. The van der Waals surface area contributed by atoms with Gasteiger partial charge in [0.15, 0.2) is 0 Å². The lowest BCUT2D eigenvalue weighted by Gasteiger charge is -2.17. The minimum Gasteiger partial charge on any atom is -0.308 e. The van der Waals surface area contributed by atoms with Crippen molar-refractivity contribution < 1.29 is 0 Å². The summed E-state index contributed by atoms with van der Waals surface area (Å²) in [6, 6.07) is 26.4. The Morgan fingerprint density at radius 3 is 2.27 bits per heavy atom. The first-order valence-corrected chi connectivity index (χ1v) is 10.6. The van der Waals surface area contributed by atoms with E-state index in [1.54, 1.807) is 0 Å². The molecule has 3 aromatic carbocycles. The van der Waals surface area contributed by atoms with Gasteiger partial charge in [0, 0.05) is 33.3 Å². The summed E-state index contributed by atoms with van der Waals surface area (Å²) in [5, 5.41) is 5.23. The molecule has 0 saturated heterocycles. The third-order valence-electron chi connectivity index (χ3n) is 6.08. The van der Waals surface area contributed by atoms with Gasteiger partial charge in [0.1, 0.15) is 0 Å². The zero-order chi connectivity index (χ0) is 20.5. The smallest absolute Gasteiger partial charge is 0.0709 e. The monoisotopic (exact) mass is 388 g/mol. The van der Waals surface area contributed by atoms with Gasteiger partial charge >= 0.3 is 0 Å². The average molecular weight is 389 g/mol. The summed E-state index contributed by atoms with van der Waals surface area (Å²) in [4.78, 5) is 4.87. The average Bonchev–Trinajstić information content (AvgIpc) is 3.25. The van der Waals surface area contributed by atoms with Crippen molar-refractivity contribution in [1.82, 2.24) is 9.38 Å². The van der Waals surface area contributed by atoms with E-state index in [1.807, 2.05) is 6.20 Å². The van der Waals surface area contributed by atoms with Crippen LogP contribution in [-0.2, 0) is 6.42 Å². The number of aromatic nitrogens is 2. The Bertz CT molecular complexity index is 1530. The van der Waals surface area contributed by atoms with Gasteiger partial charge in [-0.05, 0) is 35.6 Å². The van der Waals surface area contributed by atoms with Gasteiger partial charge in [-0.3, -0.25) is 4.98 Å². The van der Waals surface area contributed by atoms with E-state index in [9.17, 15) is 0 Å². The fraction of sp³-hybridized carbons (Fsp3) is 0.179. The third kappa shape index (κ3) is 2.46. The van der Waals surface area contributed by atoms with Crippen molar-refractivity contribution in [2.75, 3.05) is 0 Å².